The summed E-state index contributed by atoms with van der Waals surface area (Å²) in [6.07, 6.45) is 3.91. The van der Waals surface area contributed by atoms with Gasteiger partial charge in [-0.05, 0) is 74.3 Å². The number of amides is 1. The Labute approximate surface area is 218 Å². The quantitative estimate of drug-likeness (QED) is 0.424. The maximum atomic E-state index is 13.8. The molecule has 0 spiro atoms. The number of fused-ring (bicyclic) bond motifs is 1. The fourth-order valence-corrected chi connectivity index (χ4v) is 6.22. The van der Waals surface area contributed by atoms with E-state index in [1.54, 1.807) is 36.3 Å². The predicted molar refractivity (Wildman–Crippen MR) is 144 cm³/mol. The lowest BCUT2D eigenvalue weighted by molar-refractivity contribution is 0.0973. The number of nitrogens with zero attached hydrogens (tertiary/aromatic N) is 4. The van der Waals surface area contributed by atoms with E-state index in [4.69, 9.17) is 4.74 Å². The predicted octanol–water partition coefficient (Wildman–Crippen LogP) is 3.86. The molecule has 1 aliphatic carbocycles. The van der Waals surface area contributed by atoms with E-state index < -0.39 is 9.84 Å². The lowest BCUT2D eigenvalue weighted by Crippen LogP contribution is -2.39. The summed E-state index contributed by atoms with van der Waals surface area (Å²) in [5.74, 6) is 0.409. The summed E-state index contributed by atoms with van der Waals surface area (Å²) in [5, 5.41) is 4.37. The van der Waals surface area contributed by atoms with Gasteiger partial charge in [-0.25, -0.2) is 13.1 Å². The molecule has 0 atom stereocenters. The van der Waals surface area contributed by atoms with Crippen LogP contribution in [0.15, 0.2) is 53.6 Å². The molecule has 8 nitrogen and oxygen atoms in total. The molecule has 1 fully saturated rings. The van der Waals surface area contributed by atoms with Gasteiger partial charge in [0, 0.05) is 36.0 Å². The second-order valence-electron chi connectivity index (χ2n) is 10.0. The van der Waals surface area contributed by atoms with Gasteiger partial charge in [0.2, 0.25) is 0 Å². The molecule has 1 amide bonds. The highest BCUT2D eigenvalue weighted by Crippen LogP contribution is 2.49. The van der Waals surface area contributed by atoms with Crippen LogP contribution in [0.25, 0.3) is 5.69 Å². The summed E-state index contributed by atoms with van der Waals surface area (Å²) >= 11 is 0. The maximum Gasteiger partial charge on any atom is 0.277 e. The number of aromatic nitrogens is 2. The van der Waals surface area contributed by atoms with Gasteiger partial charge in [-0.15, -0.1) is 0 Å². The number of likely N-dealkylation sites (N-methyl/N-ethyl adjacent to an activating group) is 1. The summed E-state index contributed by atoms with van der Waals surface area (Å²) < 4.78 is 31.8. The van der Waals surface area contributed by atoms with Gasteiger partial charge < -0.3 is 14.5 Å². The first-order valence-electron chi connectivity index (χ1n) is 12.8. The highest BCUT2D eigenvalue weighted by Gasteiger charge is 2.45. The number of hydrogen-bond acceptors (Lipinski definition) is 6. The van der Waals surface area contributed by atoms with Crippen molar-refractivity contribution in [1.29, 1.82) is 0 Å². The van der Waals surface area contributed by atoms with Crippen molar-refractivity contribution in [2.24, 2.45) is 0 Å². The van der Waals surface area contributed by atoms with Crippen LogP contribution >= 0.6 is 0 Å². The van der Waals surface area contributed by atoms with Crippen molar-refractivity contribution in [3.8, 4) is 11.4 Å². The first-order chi connectivity index (χ1) is 17.7. The number of carbonyl (C=O) groups is 1. The summed E-state index contributed by atoms with van der Waals surface area (Å²) in [6, 6.07) is 15.4. The van der Waals surface area contributed by atoms with Gasteiger partial charge in [-0.2, -0.15) is 5.10 Å². The number of rotatable bonds is 9. The van der Waals surface area contributed by atoms with Crippen LogP contribution in [0, 0.1) is 0 Å². The van der Waals surface area contributed by atoms with Gasteiger partial charge in [-0.3, -0.25) is 4.79 Å². The van der Waals surface area contributed by atoms with E-state index in [-0.39, 0.29) is 16.3 Å². The molecule has 0 bridgehead atoms. The number of benzene rings is 2. The van der Waals surface area contributed by atoms with E-state index in [1.165, 1.54) is 23.1 Å². The second kappa shape index (κ2) is 9.61. The average molecular weight is 523 g/mol. The van der Waals surface area contributed by atoms with Crippen molar-refractivity contribution in [3.05, 3.63) is 65.4 Å². The molecule has 5 rings (SSSR count). The monoisotopic (exact) mass is 522 g/mol. The van der Waals surface area contributed by atoms with E-state index in [0.29, 0.717) is 35.7 Å². The SMILES string of the molecule is CCN(CC)CC1(c2ccc(N3CCc4c(S(C)(=O)=O)nn(-c5ccc(OC)cc5)c4C3=O)cc2)CC1. The zero-order valence-corrected chi connectivity index (χ0v) is 22.7. The zero-order chi connectivity index (χ0) is 26.4. The van der Waals surface area contributed by atoms with Crippen LogP contribution in [-0.2, 0) is 21.7 Å². The van der Waals surface area contributed by atoms with Gasteiger partial charge in [0.15, 0.2) is 14.9 Å². The Hall–Kier alpha value is -3.17. The standard InChI is InChI=1S/C28H34N4O4S/c1-5-30(6-2)19-28(16-17-28)20-7-9-21(10-8-20)31-18-15-24-25(27(31)33)32(29-26(24)37(4,34)35)22-11-13-23(36-3)14-12-22/h7-14H,5-6,15-19H2,1-4H3. The molecule has 2 heterocycles. The van der Waals surface area contributed by atoms with Crippen molar-refractivity contribution < 1.29 is 17.9 Å². The Kier molecular flexibility index (Phi) is 6.62. The molecule has 37 heavy (non-hydrogen) atoms. The van der Waals surface area contributed by atoms with Gasteiger partial charge in [0.1, 0.15) is 11.4 Å². The number of ether oxygens (including phenoxy) is 1. The molecule has 9 heteroatoms. The van der Waals surface area contributed by atoms with Crippen molar-refractivity contribution in [3.63, 3.8) is 0 Å². The van der Waals surface area contributed by atoms with E-state index in [0.717, 1.165) is 31.6 Å². The third-order valence-corrected chi connectivity index (χ3v) is 8.74. The van der Waals surface area contributed by atoms with Crippen molar-refractivity contribution >= 4 is 21.4 Å². The number of hydrogen-bond donors (Lipinski definition) is 0. The maximum absolute atomic E-state index is 13.8. The topological polar surface area (TPSA) is 84.7 Å². The normalized spacial score (nSPS) is 16.7. The molecule has 1 aromatic heterocycles. The lowest BCUT2D eigenvalue weighted by atomic mass is 9.94. The van der Waals surface area contributed by atoms with Crippen LogP contribution in [0.3, 0.4) is 0 Å². The third-order valence-electron chi connectivity index (χ3n) is 7.71. The van der Waals surface area contributed by atoms with Crippen LogP contribution in [-0.4, -0.2) is 68.5 Å². The van der Waals surface area contributed by atoms with Gasteiger partial charge >= 0.3 is 0 Å². The minimum Gasteiger partial charge on any atom is -0.497 e. The van der Waals surface area contributed by atoms with Gasteiger partial charge in [-0.1, -0.05) is 26.0 Å². The fourth-order valence-electron chi connectivity index (χ4n) is 5.34. The molecule has 0 N–H and O–H groups in total. The molecular weight excluding hydrogens is 488 g/mol. The molecule has 3 aromatic rings. The molecule has 0 radical (unpaired) electrons. The smallest absolute Gasteiger partial charge is 0.277 e. The van der Waals surface area contributed by atoms with E-state index in [9.17, 15) is 13.2 Å². The van der Waals surface area contributed by atoms with Crippen molar-refractivity contribution in [2.45, 2.75) is 43.6 Å². The molecule has 1 aliphatic heterocycles. The first kappa shape index (κ1) is 25.5. The van der Waals surface area contributed by atoms with Crippen molar-refractivity contribution in [1.82, 2.24) is 14.7 Å². The fraction of sp³-hybridized carbons (Fsp3) is 0.429. The average Bonchev–Trinajstić information content (AvgIpc) is 3.57. The number of anilines is 1. The van der Waals surface area contributed by atoms with Gasteiger partial charge in [0.05, 0.1) is 12.8 Å². The summed E-state index contributed by atoms with van der Waals surface area (Å²) in [6.45, 7) is 7.93. The van der Waals surface area contributed by atoms with E-state index in [2.05, 4.69) is 36.0 Å². The summed E-state index contributed by atoms with van der Waals surface area (Å²) in [7, 11) is -2.03. The third kappa shape index (κ3) is 4.66. The van der Waals surface area contributed by atoms with Crippen LogP contribution < -0.4 is 9.64 Å². The van der Waals surface area contributed by atoms with E-state index in [1.807, 2.05) is 12.1 Å². The van der Waals surface area contributed by atoms with Crippen molar-refractivity contribution in [2.75, 3.05) is 44.4 Å². The lowest BCUT2D eigenvalue weighted by Gasteiger charge is -2.29. The first-order valence-corrected chi connectivity index (χ1v) is 14.7. The second-order valence-corrected chi connectivity index (χ2v) is 11.9. The molecule has 2 aliphatic rings. The Morgan fingerprint density at radius 2 is 1.62 bits per heavy atom. The number of methoxy groups -OCH3 is 1. The number of carbonyl (C=O) groups excluding carboxylic acids is 1. The minimum absolute atomic E-state index is 0.0336. The molecule has 1 saturated carbocycles. The van der Waals surface area contributed by atoms with Crippen LogP contribution in [0.2, 0.25) is 0 Å². The Balaban J connectivity index is 1.48. The van der Waals surface area contributed by atoms with E-state index >= 15 is 0 Å². The minimum atomic E-state index is -3.61. The van der Waals surface area contributed by atoms with Gasteiger partial charge in [0.25, 0.3) is 5.91 Å². The molecule has 0 saturated heterocycles. The molecule has 196 valence electrons. The Morgan fingerprint density at radius 3 is 2.16 bits per heavy atom. The molecule has 2 aromatic carbocycles. The van der Waals surface area contributed by atoms with Crippen LogP contribution in [0.4, 0.5) is 5.69 Å². The largest absolute Gasteiger partial charge is 0.497 e. The summed E-state index contributed by atoms with van der Waals surface area (Å²) in [4.78, 5) is 18.0. The summed E-state index contributed by atoms with van der Waals surface area (Å²) in [5.41, 5.74) is 3.71. The highest BCUT2D eigenvalue weighted by atomic mass is 32.2. The highest BCUT2D eigenvalue weighted by molar-refractivity contribution is 7.90. The number of sulfone groups is 1. The molecule has 0 unspecified atom stereocenters. The van der Waals surface area contributed by atoms with Crippen LogP contribution in [0.1, 0.15) is 48.3 Å². The zero-order valence-electron chi connectivity index (χ0n) is 21.9. The Bertz CT molecular complexity index is 1400. The Morgan fingerprint density at radius 1 is 1.00 bits per heavy atom. The van der Waals surface area contributed by atoms with Crippen LogP contribution in [0.5, 0.6) is 5.75 Å². The molecular formula is C28H34N4O4S.